The molecule has 0 bridgehead atoms. The van der Waals surface area contributed by atoms with Gasteiger partial charge in [0, 0.05) is 12.2 Å². The van der Waals surface area contributed by atoms with Crippen LogP contribution in [0.4, 0.5) is 0 Å². The average molecular weight is 219 g/mol. The van der Waals surface area contributed by atoms with Crippen molar-refractivity contribution < 1.29 is 9.47 Å². The maximum atomic E-state index is 5.47. The summed E-state index contributed by atoms with van der Waals surface area (Å²) in [4.78, 5) is 0. The number of ether oxygens (including phenoxy) is 2. The highest BCUT2D eigenvalue weighted by Crippen LogP contribution is 2.11. The SMILES string of the molecule is CCOCCOc1ccc(C#CCN)cc1. The van der Waals surface area contributed by atoms with Crippen molar-refractivity contribution in [2.24, 2.45) is 5.73 Å². The van der Waals surface area contributed by atoms with E-state index in [0.29, 0.717) is 19.8 Å². The number of hydrogen-bond acceptors (Lipinski definition) is 3. The van der Waals surface area contributed by atoms with Gasteiger partial charge in [-0.3, -0.25) is 0 Å². The van der Waals surface area contributed by atoms with Crippen LogP contribution in [0, 0.1) is 11.8 Å². The fourth-order valence-electron chi connectivity index (χ4n) is 1.15. The molecule has 86 valence electrons. The Balaban J connectivity index is 2.39. The lowest BCUT2D eigenvalue weighted by Crippen LogP contribution is -2.06. The Hall–Kier alpha value is -1.50. The summed E-state index contributed by atoms with van der Waals surface area (Å²) in [5.74, 6) is 6.59. The summed E-state index contributed by atoms with van der Waals surface area (Å²) in [6.07, 6.45) is 0. The zero-order chi connectivity index (χ0) is 11.6. The van der Waals surface area contributed by atoms with Crippen molar-refractivity contribution in [2.75, 3.05) is 26.4 Å². The molecule has 2 N–H and O–H groups in total. The van der Waals surface area contributed by atoms with E-state index in [2.05, 4.69) is 11.8 Å². The molecule has 0 aliphatic carbocycles. The van der Waals surface area contributed by atoms with E-state index < -0.39 is 0 Å². The molecular weight excluding hydrogens is 202 g/mol. The highest BCUT2D eigenvalue weighted by atomic mass is 16.5. The van der Waals surface area contributed by atoms with Crippen LogP contribution in [-0.4, -0.2) is 26.4 Å². The van der Waals surface area contributed by atoms with Gasteiger partial charge in [0.25, 0.3) is 0 Å². The van der Waals surface area contributed by atoms with Gasteiger partial charge in [-0.1, -0.05) is 11.8 Å². The van der Waals surface area contributed by atoms with Crippen molar-refractivity contribution in [3.63, 3.8) is 0 Å². The highest BCUT2D eigenvalue weighted by Gasteiger charge is 1.93. The lowest BCUT2D eigenvalue weighted by atomic mass is 10.2. The lowest BCUT2D eigenvalue weighted by Gasteiger charge is -2.05. The number of benzene rings is 1. The van der Waals surface area contributed by atoms with E-state index in [1.807, 2.05) is 31.2 Å². The van der Waals surface area contributed by atoms with Gasteiger partial charge in [-0.15, -0.1) is 0 Å². The fourth-order valence-corrected chi connectivity index (χ4v) is 1.15. The Morgan fingerprint density at radius 1 is 1.19 bits per heavy atom. The standard InChI is InChI=1S/C13H17NO2/c1-2-15-10-11-16-13-7-5-12(6-8-13)4-3-9-14/h5-8H,2,9-11,14H2,1H3. The second kappa shape index (κ2) is 7.75. The van der Waals surface area contributed by atoms with E-state index in [0.717, 1.165) is 17.9 Å². The second-order valence-corrected chi connectivity index (χ2v) is 3.08. The summed E-state index contributed by atoms with van der Waals surface area (Å²) in [7, 11) is 0. The maximum Gasteiger partial charge on any atom is 0.119 e. The summed E-state index contributed by atoms with van der Waals surface area (Å²) in [5.41, 5.74) is 6.24. The first-order chi connectivity index (χ1) is 7.86. The van der Waals surface area contributed by atoms with Crippen molar-refractivity contribution in [1.82, 2.24) is 0 Å². The molecule has 0 saturated carbocycles. The number of nitrogens with two attached hydrogens (primary N) is 1. The van der Waals surface area contributed by atoms with Crippen molar-refractivity contribution in [2.45, 2.75) is 6.92 Å². The van der Waals surface area contributed by atoms with E-state index in [-0.39, 0.29) is 0 Å². The van der Waals surface area contributed by atoms with Crippen molar-refractivity contribution in [3.8, 4) is 17.6 Å². The van der Waals surface area contributed by atoms with Crippen LogP contribution in [0.25, 0.3) is 0 Å². The second-order valence-electron chi connectivity index (χ2n) is 3.08. The summed E-state index contributed by atoms with van der Waals surface area (Å²) in [6.45, 7) is 4.25. The molecule has 0 unspecified atom stereocenters. The van der Waals surface area contributed by atoms with Crippen molar-refractivity contribution in [1.29, 1.82) is 0 Å². The van der Waals surface area contributed by atoms with Crippen LogP contribution >= 0.6 is 0 Å². The zero-order valence-corrected chi connectivity index (χ0v) is 9.53. The van der Waals surface area contributed by atoms with Gasteiger partial charge in [0.1, 0.15) is 12.4 Å². The number of rotatable bonds is 5. The molecule has 0 radical (unpaired) electrons. The predicted octanol–water partition coefficient (Wildman–Crippen LogP) is 1.41. The molecule has 0 aliphatic heterocycles. The quantitative estimate of drug-likeness (QED) is 0.601. The van der Waals surface area contributed by atoms with Crippen LogP contribution < -0.4 is 10.5 Å². The van der Waals surface area contributed by atoms with Crippen LogP contribution in [0.15, 0.2) is 24.3 Å². The Morgan fingerprint density at radius 3 is 2.56 bits per heavy atom. The molecule has 1 aromatic carbocycles. The summed E-state index contributed by atoms with van der Waals surface area (Å²) in [6, 6.07) is 7.62. The molecule has 0 fully saturated rings. The normalized spacial score (nSPS) is 9.38. The van der Waals surface area contributed by atoms with Crippen LogP contribution in [0.2, 0.25) is 0 Å². The molecule has 16 heavy (non-hydrogen) atoms. The van der Waals surface area contributed by atoms with Crippen LogP contribution in [0.3, 0.4) is 0 Å². The lowest BCUT2D eigenvalue weighted by molar-refractivity contribution is 0.110. The zero-order valence-electron chi connectivity index (χ0n) is 9.53. The minimum Gasteiger partial charge on any atom is -0.491 e. The van der Waals surface area contributed by atoms with Gasteiger partial charge in [0.05, 0.1) is 13.2 Å². The van der Waals surface area contributed by atoms with Crippen molar-refractivity contribution in [3.05, 3.63) is 29.8 Å². The highest BCUT2D eigenvalue weighted by molar-refractivity contribution is 5.38. The van der Waals surface area contributed by atoms with Crippen LogP contribution in [-0.2, 0) is 4.74 Å². The van der Waals surface area contributed by atoms with Gasteiger partial charge < -0.3 is 15.2 Å². The summed E-state index contributed by atoms with van der Waals surface area (Å²) >= 11 is 0. The largest absolute Gasteiger partial charge is 0.491 e. The Labute approximate surface area is 96.6 Å². The van der Waals surface area contributed by atoms with Gasteiger partial charge in [0.2, 0.25) is 0 Å². The minimum atomic E-state index is 0.382. The molecule has 0 saturated heterocycles. The Bertz CT molecular complexity index is 348. The van der Waals surface area contributed by atoms with Crippen molar-refractivity contribution >= 4 is 0 Å². The summed E-state index contributed by atoms with van der Waals surface area (Å²) in [5, 5.41) is 0. The minimum absolute atomic E-state index is 0.382. The van der Waals surface area contributed by atoms with Gasteiger partial charge in [0.15, 0.2) is 0 Å². The van der Waals surface area contributed by atoms with Crippen LogP contribution in [0.5, 0.6) is 5.75 Å². The molecule has 1 rings (SSSR count). The molecule has 0 atom stereocenters. The molecule has 0 heterocycles. The molecule has 1 aromatic rings. The monoisotopic (exact) mass is 219 g/mol. The molecule has 0 aromatic heterocycles. The molecule has 0 amide bonds. The van der Waals surface area contributed by atoms with E-state index in [1.54, 1.807) is 0 Å². The van der Waals surface area contributed by atoms with Gasteiger partial charge >= 0.3 is 0 Å². The average Bonchev–Trinajstić information content (AvgIpc) is 2.33. The smallest absolute Gasteiger partial charge is 0.119 e. The van der Waals surface area contributed by atoms with E-state index in [1.165, 1.54) is 0 Å². The van der Waals surface area contributed by atoms with Crippen LogP contribution in [0.1, 0.15) is 12.5 Å². The fraction of sp³-hybridized carbons (Fsp3) is 0.385. The molecule has 3 heteroatoms. The maximum absolute atomic E-state index is 5.47. The van der Waals surface area contributed by atoms with Gasteiger partial charge in [-0.25, -0.2) is 0 Å². The van der Waals surface area contributed by atoms with E-state index in [9.17, 15) is 0 Å². The van der Waals surface area contributed by atoms with E-state index >= 15 is 0 Å². The Kier molecular flexibility index (Phi) is 6.09. The summed E-state index contributed by atoms with van der Waals surface area (Å²) < 4.78 is 10.6. The first-order valence-corrected chi connectivity index (χ1v) is 5.36. The number of hydrogen-bond donors (Lipinski definition) is 1. The van der Waals surface area contributed by atoms with Gasteiger partial charge in [-0.2, -0.15) is 0 Å². The molecule has 0 aliphatic rings. The molecular formula is C13H17NO2. The first-order valence-electron chi connectivity index (χ1n) is 5.36. The third-order valence-corrected chi connectivity index (χ3v) is 1.89. The van der Waals surface area contributed by atoms with Gasteiger partial charge in [-0.05, 0) is 31.2 Å². The van der Waals surface area contributed by atoms with E-state index in [4.69, 9.17) is 15.2 Å². The third kappa shape index (κ3) is 4.83. The topological polar surface area (TPSA) is 44.5 Å². The Morgan fingerprint density at radius 2 is 1.94 bits per heavy atom. The molecule has 0 spiro atoms. The molecule has 3 nitrogen and oxygen atoms in total. The third-order valence-electron chi connectivity index (χ3n) is 1.89. The predicted molar refractivity (Wildman–Crippen MR) is 64.4 cm³/mol. The first kappa shape index (κ1) is 12.6.